The second-order valence-electron chi connectivity index (χ2n) is 21.5. The summed E-state index contributed by atoms with van der Waals surface area (Å²) in [6.45, 7) is 0. The number of hydrogen-bond acceptors (Lipinski definition) is 0. The number of hydrogen-bond donors (Lipinski definition) is 0. The van der Waals surface area contributed by atoms with Crippen molar-refractivity contribution in [1.29, 1.82) is 0 Å². The molecule has 0 N–H and O–H groups in total. The molecule has 74 heavy (non-hydrogen) atoms. The number of para-hydroxylation sites is 2. The van der Waals surface area contributed by atoms with Gasteiger partial charge in [-0.3, -0.25) is 0 Å². The summed E-state index contributed by atoms with van der Waals surface area (Å²) < 4.78 is 22.4. The van der Waals surface area contributed by atoms with Crippen LogP contribution in [0.4, 0.5) is 4.39 Å². The quantitative estimate of drug-likeness (QED) is 0.151. The van der Waals surface area contributed by atoms with Crippen molar-refractivity contribution in [1.82, 2.24) is 13.7 Å². The maximum Gasteiger partial charge on any atom is 0.123 e. The van der Waals surface area contributed by atoms with Crippen LogP contribution in [-0.2, 0) is 0 Å². The summed E-state index contributed by atoms with van der Waals surface area (Å²) in [4.78, 5) is 0. The molecule has 4 heteroatoms. The lowest BCUT2D eigenvalue weighted by atomic mass is 9.83. The van der Waals surface area contributed by atoms with E-state index in [0.29, 0.717) is 11.8 Å². The van der Waals surface area contributed by atoms with Crippen LogP contribution in [0.15, 0.2) is 206 Å². The molecular weight excluding hydrogens is 902 g/mol. The predicted molar refractivity (Wildman–Crippen MR) is 309 cm³/mol. The molecule has 3 aromatic heterocycles. The molecule has 3 nitrogen and oxygen atoms in total. The highest BCUT2D eigenvalue weighted by atomic mass is 19.1. The maximum absolute atomic E-state index is 15.2. The van der Waals surface area contributed by atoms with Crippen molar-refractivity contribution in [3.8, 4) is 39.3 Å². The normalized spacial score (nSPS) is 15.0. The summed E-state index contributed by atoms with van der Waals surface area (Å²) in [5, 5.41) is 9.40. The first-order chi connectivity index (χ1) is 36.6. The third-order valence-corrected chi connectivity index (χ3v) is 17.3. The van der Waals surface area contributed by atoms with Crippen molar-refractivity contribution in [3.05, 3.63) is 223 Å². The van der Waals surface area contributed by atoms with Crippen molar-refractivity contribution >= 4 is 76.2 Å². The van der Waals surface area contributed by atoms with E-state index < -0.39 is 0 Å². The summed E-state index contributed by atoms with van der Waals surface area (Å²) in [6, 6.07) is 75.7. The van der Waals surface area contributed by atoms with Crippen molar-refractivity contribution in [2.24, 2.45) is 0 Å². The van der Waals surface area contributed by atoms with Crippen LogP contribution in [0.3, 0.4) is 0 Å². The highest BCUT2D eigenvalue weighted by Crippen LogP contribution is 2.44. The number of fused-ring (bicyclic) bond motifs is 10. The standard InChI is InChI=1S/C70H56FN3/c71-54-31-24-47-18-13-23-64(57(47)44-54)74-69-36-29-52(50-27-34-67-60(40-50)58-38-48(45-14-5-1-6-15-45)25-32-65(58)72(67)55-19-9-3-10-20-55)42-62(69)63-43-53(30-37-70(63)74)51-28-35-68-61(41-51)59-39-49(46-16-7-2-8-17-46)26-33-66(59)73(68)56-21-11-4-12-22-56/h3-4,9-13,18-46H,1-2,5-8,14-17H2. The van der Waals surface area contributed by atoms with Gasteiger partial charge < -0.3 is 13.7 Å². The SMILES string of the molecule is Fc1ccc2cccc(-n3c4ccc(-c5ccc6c(c5)c5cc(C7CCCCC7)ccc5n6-c5ccccc5)cc4c4cc(-c5ccc6c(c5)c5cc(C7CCCCC7)ccc5n6-c5ccccc5)ccc43)c2c1. The smallest absolute Gasteiger partial charge is 0.123 e. The average molecular weight is 958 g/mol. The molecule has 0 atom stereocenters. The highest BCUT2D eigenvalue weighted by Gasteiger charge is 2.23. The molecule has 0 radical (unpaired) electrons. The first-order valence-corrected chi connectivity index (χ1v) is 27.1. The number of aromatic nitrogens is 3. The van der Waals surface area contributed by atoms with Crippen LogP contribution in [0.1, 0.15) is 87.2 Å². The van der Waals surface area contributed by atoms with E-state index in [1.54, 1.807) is 12.1 Å². The van der Waals surface area contributed by atoms with Gasteiger partial charge in [0.2, 0.25) is 0 Å². The fourth-order valence-corrected chi connectivity index (χ4v) is 13.6. The van der Waals surface area contributed by atoms with Crippen LogP contribution >= 0.6 is 0 Å². The molecule has 0 aliphatic heterocycles. The van der Waals surface area contributed by atoms with Gasteiger partial charge in [-0.2, -0.15) is 0 Å². The Bertz CT molecular complexity index is 4090. The van der Waals surface area contributed by atoms with Gasteiger partial charge in [-0.15, -0.1) is 0 Å². The molecule has 15 rings (SSSR count). The van der Waals surface area contributed by atoms with Gasteiger partial charge in [0.05, 0.1) is 38.8 Å². The van der Waals surface area contributed by atoms with Crippen LogP contribution in [0.25, 0.3) is 116 Å². The topological polar surface area (TPSA) is 14.8 Å². The first kappa shape index (κ1) is 43.4. The lowest BCUT2D eigenvalue weighted by Crippen LogP contribution is -2.04. The Kier molecular flexibility index (Phi) is 10.3. The van der Waals surface area contributed by atoms with Crippen LogP contribution in [-0.4, -0.2) is 13.7 Å². The zero-order valence-electron chi connectivity index (χ0n) is 41.6. The number of benzene rings is 10. The summed E-state index contributed by atoms with van der Waals surface area (Å²) >= 11 is 0. The Balaban J connectivity index is 0.930. The van der Waals surface area contributed by atoms with E-state index in [9.17, 15) is 0 Å². The molecule has 2 aliphatic carbocycles. The van der Waals surface area contributed by atoms with Gasteiger partial charge in [0.15, 0.2) is 0 Å². The van der Waals surface area contributed by atoms with Crippen molar-refractivity contribution in [2.45, 2.75) is 76.0 Å². The van der Waals surface area contributed by atoms with Crippen LogP contribution in [0.5, 0.6) is 0 Å². The van der Waals surface area contributed by atoms with Crippen LogP contribution < -0.4 is 0 Å². The fraction of sp³-hybridized carbons (Fsp3) is 0.171. The second kappa shape index (κ2) is 17.5. The molecule has 0 saturated heterocycles. The van der Waals surface area contributed by atoms with Crippen LogP contribution in [0, 0.1) is 5.82 Å². The molecule has 0 spiro atoms. The van der Waals surface area contributed by atoms with E-state index in [0.717, 1.165) is 38.3 Å². The molecule has 2 aliphatic rings. The van der Waals surface area contributed by atoms with E-state index in [2.05, 4.69) is 202 Å². The third-order valence-electron chi connectivity index (χ3n) is 17.3. The lowest BCUT2D eigenvalue weighted by molar-refractivity contribution is 0.444. The predicted octanol–water partition coefficient (Wildman–Crippen LogP) is 19.7. The van der Waals surface area contributed by atoms with Crippen molar-refractivity contribution < 1.29 is 4.39 Å². The Morgan fingerprint density at radius 3 is 1.12 bits per heavy atom. The monoisotopic (exact) mass is 957 g/mol. The molecule has 0 unspecified atom stereocenters. The van der Waals surface area contributed by atoms with Crippen molar-refractivity contribution in [2.75, 3.05) is 0 Å². The Hall–Kier alpha value is -8.21. The molecular formula is C70H56FN3. The summed E-state index contributed by atoms with van der Waals surface area (Å²) in [5.41, 5.74) is 18.1. The van der Waals surface area contributed by atoms with Crippen LogP contribution in [0.2, 0.25) is 0 Å². The third kappa shape index (κ3) is 7.06. The lowest BCUT2D eigenvalue weighted by Gasteiger charge is -2.22. The first-order valence-electron chi connectivity index (χ1n) is 27.1. The fourth-order valence-electron chi connectivity index (χ4n) is 13.6. The summed E-state index contributed by atoms with van der Waals surface area (Å²) in [6.07, 6.45) is 13.0. The Labute approximate surface area is 430 Å². The molecule has 13 aromatic rings. The zero-order valence-corrected chi connectivity index (χ0v) is 41.6. The molecule has 0 bridgehead atoms. The largest absolute Gasteiger partial charge is 0.309 e. The van der Waals surface area contributed by atoms with E-state index in [4.69, 9.17) is 0 Å². The molecule has 3 heterocycles. The maximum atomic E-state index is 15.2. The van der Waals surface area contributed by atoms with E-state index in [1.165, 1.54) is 153 Å². The molecule has 358 valence electrons. The minimum atomic E-state index is -0.236. The Morgan fingerprint density at radius 1 is 0.297 bits per heavy atom. The van der Waals surface area contributed by atoms with Gasteiger partial charge in [0.1, 0.15) is 5.82 Å². The van der Waals surface area contributed by atoms with Gasteiger partial charge in [-0.25, -0.2) is 4.39 Å². The Morgan fingerprint density at radius 2 is 0.689 bits per heavy atom. The van der Waals surface area contributed by atoms with Gasteiger partial charge in [-0.05, 0) is 192 Å². The van der Waals surface area contributed by atoms with E-state index >= 15 is 4.39 Å². The molecule has 2 fully saturated rings. The van der Waals surface area contributed by atoms with Crippen molar-refractivity contribution in [3.63, 3.8) is 0 Å². The van der Waals surface area contributed by atoms with Gasteiger partial charge >= 0.3 is 0 Å². The number of nitrogens with zero attached hydrogens (tertiary/aromatic N) is 3. The minimum Gasteiger partial charge on any atom is -0.309 e. The number of halogens is 1. The number of rotatable bonds is 7. The van der Waals surface area contributed by atoms with Gasteiger partial charge in [0.25, 0.3) is 0 Å². The molecule has 0 amide bonds. The summed E-state index contributed by atoms with van der Waals surface area (Å²) in [7, 11) is 0. The second-order valence-corrected chi connectivity index (χ2v) is 21.5. The highest BCUT2D eigenvalue weighted by molar-refractivity contribution is 6.15. The molecule has 2 saturated carbocycles. The van der Waals surface area contributed by atoms with E-state index in [-0.39, 0.29) is 5.82 Å². The average Bonchev–Trinajstić information content (AvgIpc) is 4.10. The zero-order chi connectivity index (χ0) is 48.9. The summed E-state index contributed by atoms with van der Waals surface area (Å²) in [5.74, 6) is 0.995. The minimum absolute atomic E-state index is 0.236. The van der Waals surface area contributed by atoms with Gasteiger partial charge in [0, 0.05) is 49.1 Å². The molecule has 10 aromatic carbocycles. The van der Waals surface area contributed by atoms with E-state index in [1.807, 2.05) is 6.07 Å². The van der Waals surface area contributed by atoms with Gasteiger partial charge in [-0.1, -0.05) is 130 Å².